The van der Waals surface area contributed by atoms with Crippen LogP contribution in [0, 0.1) is 0 Å². The molecule has 4 aromatic rings. The summed E-state index contributed by atoms with van der Waals surface area (Å²) in [6.45, 7) is 13.3. The average Bonchev–Trinajstić information content (AvgIpc) is 3.49. The lowest BCUT2D eigenvalue weighted by Gasteiger charge is -2.23. The van der Waals surface area contributed by atoms with Gasteiger partial charge in [0.1, 0.15) is 10.7 Å². The van der Waals surface area contributed by atoms with Crippen LogP contribution in [-0.2, 0) is 24.9 Å². The molecule has 0 aliphatic carbocycles. The van der Waals surface area contributed by atoms with Crippen LogP contribution in [0.3, 0.4) is 0 Å². The summed E-state index contributed by atoms with van der Waals surface area (Å²) in [5, 5.41) is 7.15. The van der Waals surface area contributed by atoms with E-state index in [4.69, 9.17) is 0 Å². The van der Waals surface area contributed by atoms with Crippen LogP contribution in [0.25, 0.3) is 10.9 Å². The molecule has 0 saturated carbocycles. The van der Waals surface area contributed by atoms with Gasteiger partial charge in [-0.15, -0.1) is 11.3 Å². The topological polar surface area (TPSA) is 61.0 Å². The Morgan fingerprint density at radius 1 is 1.11 bits per heavy atom. The zero-order valence-electron chi connectivity index (χ0n) is 22.1. The quantitative estimate of drug-likeness (QED) is 0.254. The number of carbonyl (C=O) groups is 1. The number of fused-ring (bicyclic) bond motifs is 1. The number of aromatic nitrogens is 2. The number of hydrogen-bond acceptors (Lipinski definition) is 4. The summed E-state index contributed by atoms with van der Waals surface area (Å²) < 4.78 is 0. The van der Waals surface area contributed by atoms with E-state index in [1.165, 1.54) is 27.6 Å². The highest BCUT2D eigenvalue weighted by atomic mass is 32.1. The van der Waals surface area contributed by atoms with Crippen molar-refractivity contribution in [3.63, 3.8) is 0 Å². The van der Waals surface area contributed by atoms with Crippen molar-refractivity contribution in [2.45, 2.75) is 72.0 Å². The van der Waals surface area contributed by atoms with Gasteiger partial charge in [0.25, 0.3) is 5.91 Å². The Balaban J connectivity index is 1.50. The Hall–Kier alpha value is -2.96. The summed E-state index contributed by atoms with van der Waals surface area (Å²) in [4.78, 5) is 23.0. The standard InChI is InChI=1S/C30H38N4OS/c1-6-21(2)32-29(35)27-20-36-28(33-27)19-34(18-22-11-13-24(14-12-22)30(3,4)5)16-15-23-17-31-26-10-8-7-9-25(23)26/h7-14,17,20-21,31H,6,15-16,18-19H2,1-5H3,(H,32,35). The average molecular weight is 503 g/mol. The highest BCUT2D eigenvalue weighted by Gasteiger charge is 2.17. The number of rotatable bonds is 10. The molecule has 6 heteroatoms. The summed E-state index contributed by atoms with van der Waals surface area (Å²) in [5.74, 6) is -0.0880. The molecule has 0 aliphatic heterocycles. The number of hydrogen-bond donors (Lipinski definition) is 2. The molecule has 0 aliphatic rings. The SMILES string of the molecule is CCC(C)NC(=O)c1csc(CN(CCc2c[nH]c3ccccc23)Cc2ccc(C(C)(C)C)cc2)n1. The van der Waals surface area contributed by atoms with Crippen LogP contribution >= 0.6 is 11.3 Å². The third-order valence-electron chi connectivity index (χ3n) is 6.73. The smallest absolute Gasteiger partial charge is 0.270 e. The van der Waals surface area contributed by atoms with Crippen LogP contribution in [0.1, 0.15) is 73.2 Å². The van der Waals surface area contributed by atoms with E-state index >= 15 is 0 Å². The third-order valence-corrected chi connectivity index (χ3v) is 7.57. The van der Waals surface area contributed by atoms with E-state index in [0.717, 1.165) is 30.9 Å². The third kappa shape index (κ3) is 6.62. The Labute approximate surface area is 219 Å². The number of H-pyrrole nitrogens is 1. The van der Waals surface area contributed by atoms with Crippen molar-refractivity contribution in [3.8, 4) is 0 Å². The first-order chi connectivity index (χ1) is 17.2. The van der Waals surface area contributed by atoms with Crippen molar-refractivity contribution < 1.29 is 4.79 Å². The second-order valence-electron chi connectivity index (χ2n) is 10.7. The molecule has 1 unspecified atom stereocenters. The lowest BCUT2D eigenvalue weighted by Crippen LogP contribution is -2.32. The molecule has 2 N–H and O–H groups in total. The molecule has 0 saturated heterocycles. The van der Waals surface area contributed by atoms with Crippen LogP contribution in [-0.4, -0.2) is 33.4 Å². The van der Waals surface area contributed by atoms with Crippen molar-refractivity contribution in [1.82, 2.24) is 20.2 Å². The minimum atomic E-state index is -0.0880. The zero-order chi connectivity index (χ0) is 25.7. The van der Waals surface area contributed by atoms with Crippen LogP contribution in [0.5, 0.6) is 0 Å². The highest BCUT2D eigenvalue weighted by Crippen LogP contribution is 2.24. The van der Waals surface area contributed by atoms with Crippen LogP contribution < -0.4 is 5.32 Å². The van der Waals surface area contributed by atoms with Gasteiger partial charge in [-0.2, -0.15) is 0 Å². The normalized spacial score (nSPS) is 12.8. The first-order valence-electron chi connectivity index (χ1n) is 12.8. The summed E-state index contributed by atoms with van der Waals surface area (Å²) in [7, 11) is 0. The summed E-state index contributed by atoms with van der Waals surface area (Å²) in [5.41, 5.74) is 5.78. The molecule has 1 amide bonds. The maximum atomic E-state index is 12.5. The number of para-hydroxylation sites is 1. The van der Waals surface area contributed by atoms with E-state index in [2.05, 4.69) is 103 Å². The van der Waals surface area contributed by atoms with Crippen molar-refractivity contribution in [3.05, 3.63) is 87.5 Å². The number of carbonyl (C=O) groups excluding carboxylic acids is 1. The van der Waals surface area contributed by atoms with Gasteiger partial charge in [-0.05, 0) is 47.9 Å². The van der Waals surface area contributed by atoms with E-state index < -0.39 is 0 Å². The molecule has 190 valence electrons. The fraction of sp³-hybridized carbons (Fsp3) is 0.400. The van der Waals surface area contributed by atoms with Crippen LogP contribution in [0.2, 0.25) is 0 Å². The summed E-state index contributed by atoms with van der Waals surface area (Å²) in [6, 6.07) is 17.6. The highest BCUT2D eigenvalue weighted by molar-refractivity contribution is 7.09. The molecule has 0 radical (unpaired) electrons. The summed E-state index contributed by atoms with van der Waals surface area (Å²) in [6.07, 6.45) is 3.97. The monoisotopic (exact) mass is 502 g/mol. The molecule has 5 nitrogen and oxygen atoms in total. The molecule has 4 rings (SSSR count). The van der Waals surface area contributed by atoms with E-state index in [1.807, 2.05) is 12.3 Å². The van der Waals surface area contributed by atoms with Crippen molar-refractivity contribution in [1.29, 1.82) is 0 Å². The predicted molar refractivity (Wildman–Crippen MR) is 151 cm³/mol. The van der Waals surface area contributed by atoms with Crippen molar-refractivity contribution in [2.75, 3.05) is 6.54 Å². The summed E-state index contributed by atoms with van der Waals surface area (Å²) >= 11 is 1.56. The Bertz CT molecular complexity index is 1280. The number of aromatic amines is 1. The second-order valence-corrected chi connectivity index (χ2v) is 11.6. The Kier molecular flexibility index (Phi) is 8.27. The minimum absolute atomic E-state index is 0.0880. The maximum absolute atomic E-state index is 12.5. The van der Waals surface area contributed by atoms with Crippen LogP contribution in [0.15, 0.2) is 60.1 Å². The fourth-order valence-electron chi connectivity index (χ4n) is 4.28. The first-order valence-corrected chi connectivity index (χ1v) is 13.7. The Morgan fingerprint density at radius 2 is 1.86 bits per heavy atom. The molecular formula is C30H38N4OS. The number of benzene rings is 2. The van der Waals surface area contributed by atoms with E-state index in [-0.39, 0.29) is 17.4 Å². The molecular weight excluding hydrogens is 464 g/mol. The molecule has 1 atom stereocenters. The minimum Gasteiger partial charge on any atom is -0.361 e. The van der Waals surface area contributed by atoms with E-state index in [1.54, 1.807) is 11.3 Å². The van der Waals surface area contributed by atoms with E-state index in [9.17, 15) is 4.79 Å². The van der Waals surface area contributed by atoms with Gasteiger partial charge in [0.2, 0.25) is 0 Å². The number of thiazole rings is 1. The predicted octanol–water partition coefficient (Wildman–Crippen LogP) is 6.70. The largest absolute Gasteiger partial charge is 0.361 e. The molecule has 2 aromatic heterocycles. The van der Waals surface area contributed by atoms with Gasteiger partial charge in [-0.3, -0.25) is 9.69 Å². The second kappa shape index (κ2) is 11.4. The molecule has 2 heterocycles. The fourth-order valence-corrected chi connectivity index (χ4v) is 5.09. The molecule has 0 fully saturated rings. The van der Waals surface area contributed by atoms with Gasteiger partial charge >= 0.3 is 0 Å². The van der Waals surface area contributed by atoms with Gasteiger partial charge in [0, 0.05) is 41.6 Å². The molecule has 2 aromatic carbocycles. The van der Waals surface area contributed by atoms with Crippen molar-refractivity contribution in [2.24, 2.45) is 0 Å². The maximum Gasteiger partial charge on any atom is 0.270 e. The lowest BCUT2D eigenvalue weighted by molar-refractivity contribution is 0.0934. The zero-order valence-corrected chi connectivity index (χ0v) is 22.9. The first kappa shape index (κ1) is 26.1. The van der Waals surface area contributed by atoms with Crippen molar-refractivity contribution >= 4 is 28.1 Å². The van der Waals surface area contributed by atoms with Gasteiger partial charge in [-0.1, -0.05) is 70.2 Å². The van der Waals surface area contributed by atoms with E-state index in [0.29, 0.717) is 12.2 Å². The van der Waals surface area contributed by atoms with Gasteiger partial charge in [0.15, 0.2) is 0 Å². The number of amides is 1. The number of nitrogens with one attached hydrogen (secondary N) is 2. The molecule has 36 heavy (non-hydrogen) atoms. The number of nitrogens with zero attached hydrogens (tertiary/aromatic N) is 2. The van der Waals surface area contributed by atoms with Gasteiger partial charge in [-0.25, -0.2) is 4.98 Å². The molecule has 0 bridgehead atoms. The van der Waals surface area contributed by atoms with Gasteiger partial charge < -0.3 is 10.3 Å². The Morgan fingerprint density at radius 3 is 2.58 bits per heavy atom. The van der Waals surface area contributed by atoms with Gasteiger partial charge in [0.05, 0.1) is 6.54 Å². The molecule has 0 spiro atoms. The van der Waals surface area contributed by atoms with Crippen LogP contribution in [0.4, 0.5) is 0 Å². The lowest BCUT2D eigenvalue weighted by atomic mass is 9.87.